The van der Waals surface area contributed by atoms with Crippen LogP contribution >= 0.6 is 0 Å². The third-order valence-electron chi connectivity index (χ3n) is 6.05. The van der Waals surface area contributed by atoms with E-state index in [2.05, 4.69) is 6.07 Å². The van der Waals surface area contributed by atoms with E-state index in [0.717, 1.165) is 7.11 Å². The number of nitrogens with two attached hydrogens (primary N) is 1. The normalized spacial score (nSPS) is 14.9. The van der Waals surface area contributed by atoms with Gasteiger partial charge in [0, 0.05) is 5.69 Å². The Labute approximate surface area is 223 Å². The highest BCUT2D eigenvalue weighted by molar-refractivity contribution is 6.06. The highest BCUT2D eigenvalue weighted by atomic mass is 16.5. The molecule has 0 fully saturated rings. The summed E-state index contributed by atoms with van der Waals surface area (Å²) in [7, 11) is 2.34. The Hall–Kier alpha value is -5.56. The van der Waals surface area contributed by atoms with Gasteiger partial charge in [0.1, 0.15) is 28.6 Å². The quantitative estimate of drug-likeness (QED) is 0.432. The summed E-state index contributed by atoms with van der Waals surface area (Å²) in [5.41, 5.74) is 7.05. The summed E-state index contributed by atoms with van der Waals surface area (Å²) in [6, 6.07) is 23.1. The Morgan fingerprint density at radius 1 is 0.897 bits per heavy atom. The van der Waals surface area contributed by atoms with E-state index in [-0.39, 0.29) is 34.0 Å². The third kappa shape index (κ3) is 5.01. The average Bonchev–Trinajstić information content (AvgIpc) is 2.96. The monoisotopic (exact) mass is 525 g/mol. The van der Waals surface area contributed by atoms with E-state index in [4.69, 9.17) is 19.9 Å². The van der Waals surface area contributed by atoms with Crippen molar-refractivity contribution in [2.24, 2.45) is 5.73 Å². The first-order valence-electron chi connectivity index (χ1n) is 11.6. The van der Waals surface area contributed by atoms with Crippen LogP contribution < -0.4 is 15.4 Å². The van der Waals surface area contributed by atoms with E-state index in [1.54, 1.807) is 54.6 Å². The fourth-order valence-corrected chi connectivity index (χ4v) is 4.30. The van der Waals surface area contributed by atoms with Gasteiger partial charge < -0.3 is 25.1 Å². The van der Waals surface area contributed by atoms with Gasteiger partial charge in [-0.05, 0) is 42.0 Å². The minimum absolute atomic E-state index is 0.0194. The molecule has 10 nitrogen and oxygen atoms in total. The molecule has 3 aromatic rings. The predicted octanol–water partition coefficient (Wildman–Crippen LogP) is 4.07. The molecular weight excluding hydrogens is 502 g/mol. The zero-order valence-corrected chi connectivity index (χ0v) is 21.0. The average molecular weight is 526 g/mol. The lowest BCUT2D eigenvalue weighted by atomic mass is 9.81. The number of rotatable bonds is 7. The highest BCUT2D eigenvalue weighted by Crippen LogP contribution is 2.43. The first-order valence-corrected chi connectivity index (χ1v) is 11.6. The maximum absolute atomic E-state index is 13.1. The van der Waals surface area contributed by atoms with Crippen LogP contribution in [0.1, 0.15) is 21.8 Å². The van der Waals surface area contributed by atoms with Crippen molar-refractivity contribution in [3.05, 3.63) is 113 Å². The summed E-state index contributed by atoms with van der Waals surface area (Å²) in [4.78, 5) is 39.0. The van der Waals surface area contributed by atoms with Crippen molar-refractivity contribution in [2.45, 2.75) is 5.92 Å². The molecule has 0 amide bonds. The first kappa shape index (κ1) is 26.5. The lowest BCUT2D eigenvalue weighted by Crippen LogP contribution is -2.40. The molecule has 0 aliphatic carbocycles. The van der Waals surface area contributed by atoms with Crippen LogP contribution in [-0.4, -0.2) is 37.2 Å². The Bertz CT molecular complexity index is 1540. The van der Waals surface area contributed by atoms with Crippen LogP contribution in [0, 0.1) is 11.3 Å². The van der Waals surface area contributed by atoms with Crippen molar-refractivity contribution >= 4 is 23.6 Å². The van der Waals surface area contributed by atoms with Crippen LogP contribution in [0.3, 0.4) is 0 Å². The molecule has 196 valence electrons. The first-order chi connectivity index (χ1) is 18.8. The molecule has 1 aliphatic heterocycles. The number of anilines is 1. The van der Waals surface area contributed by atoms with Crippen LogP contribution in [0.4, 0.5) is 5.69 Å². The molecule has 1 heterocycles. The summed E-state index contributed by atoms with van der Waals surface area (Å²) in [6.45, 7) is 0. The minimum atomic E-state index is -1.14. The fourth-order valence-electron chi connectivity index (χ4n) is 4.30. The van der Waals surface area contributed by atoms with E-state index in [1.807, 2.05) is 0 Å². The summed E-state index contributed by atoms with van der Waals surface area (Å²) in [5, 5.41) is 19.5. The second-order valence-electron chi connectivity index (χ2n) is 8.23. The van der Waals surface area contributed by atoms with Crippen LogP contribution in [0.2, 0.25) is 0 Å². The molecule has 1 aliphatic rings. The molecular formula is C29H23N3O7. The number of benzene rings is 3. The molecule has 39 heavy (non-hydrogen) atoms. The number of allylic oxidation sites excluding steroid dienone is 1. The number of carboxylic acids is 1. The van der Waals surface area contributed by atoms with Gasteiger partial charge in [0.2, 0.25) is 0 Å². The molecule has 0 saturated heterocycles. The van der Waals surface area contributed by atoms with E-state index in [9.17, 15) is 24.8 Å². The highest BCUT2D eigenvalue weighted by Gasteiger charge is 2.42. The van der Waals surface area contributed by atoms with Crippen molar-refractivity contribution < 1.29 is 33.7 Å². The Morgan fingerprint density at radius 3 is 2.10 bits per heavy atom. The standard InChI is InChI=1S/C29H23N3O7/c1-37-28(35)24-23(17-8-4-3-5-9-17)21(16-30)26(31)32(25(24)29(36)38-2)18-12-14-19(15-13-18)39-22-11-7-6-10-20(22)27(33)34/h3-15,23H,31H2,1-2H3,(H,33,34). The number of hydrogen-bond acceptors (Lipinski definition) is 9. The largest absolute Gasteiger partial charge is 0.478 e. The summed E-state index contributed by atoms with van der Waals surface area (Å²) < 4.78 is 15.8. The second-order valence-corrected chi connectivity index (χ2v) is 8.23. The molecule has 10 heteroatoms. The Balaban J connectivity index is 1.86. The lowest BCUT2D eigenvalue weighted by Gasteiger charge is -2.35. The number of nitriles is 1. The lowest BCUT2D eigenvalue weighted by molar-refractivity contribution is -0.139. The number of para-hydroxylation sites is 1. The Morgan fingerprint density at radius 2 is 1.51 bits per heavy atom. The van der Waals surface area contributed by atoms with Gasteiger partial charge >= 0.3 is 17.9 Å². The van der Waals surface area contributed by atoms with Crippen molar-refractivity contribution in [2.75, 3.05) is 19.1 Å². The summed E-state index contributed by atoms with van der Waals surface area (Å²) >= 11 is 0. The SMILES string of the molecule is COC(=O)C1=C(C(=O)OC)N(c2ccc(Oc3ccccc3C(=O)O)cc2)C(N)=C(C#N)C1c1ccccc1. The zero-order valence-electron chi connectivity index (χ0n) is 21.0. The number of aromatic carboxylic acids is 1. The van der Waals surface area contributed by atoms with Gasteiger partial charge in [-0.2, -0.15) is 5.26 Å². The number of ether oxygens (including phenoxy) is 3. The number of hydrogen-bond donors (Lipinski definition) is 2. The maximum atomic E-state index is 13.1. The van der Waals surface area contributed by atoms with Gasteiger partial charge in [-0.25, -0.2) is 14.4 Å². The second kappa shape index (κ2) is 11.2. The van der Waals surface area contributed by atoms with E-state index in [0.29, 0.717) is 17.0 Å². The Kier molecular flexibility index (Phi) is 7.63. The smallest absolute Gasteiger partial charge is 0.355 e. The van der Waals surface area contributed by atoms with Gasteiger partial charge in [-0.15, -0.1) is 0 Å². The van der Waals surface area contributed by atoms with Gasteiger partial charge in [0.05, 0.1) is 37.4 Å². The predicted molar refractivity (Wildman–Crippen MR) is 139 cm³/mol. The minimum Gasteiger partial charge on any atom is -0.478 e. The van der Waals surface area contributed by atoms with Crippen LogP contribution in [0.25, 0.3) is 0 Å². The summed E-state index contributed by atoms with van der Waals surface area (Å²) in [6.07, 6.45) is 0. The van der Waals surface area contributed by atoms with Crippen LogP contribution in [0.15, 0.2) is 102 Å². The molecule has 4 rings (SSSR count). The van der Waals surface area contributed by atoms with Gasteiger partial charge in [-0.1, -0.05) is 42.5 Å². The maximum Gasteiger partial charge on any atom is 0.355 e. The van der Waals surface area contributed by atoms with E-state index >= 15 is 0 Å². The molecule has 0 radical (unpaired) electrons. The fraction of sp³-hybridized carbons (Fsp3) is 0.103. The molecule has 1 unspecified atom stereocenters. The number of carboxylic acid groups (broad SMARTS) is 1. The van der Waals surface area contributed by atoms with Gasteiger partial charge in [0.25, 0.3) is 0 Å². The summed E-state index contributed by atoms with van der Waals surface area (Å²) in [5.74, 6) is -3.48. The van der Waals surface area contributed by atoms with Crippen molar-refractivity contribution in [1.29, 1.82) is 5.26 Å². The van der Waals surface area contributed by atoms with Gasteiger partial charge in [-0.3, -0.25) is 4.90 Å². The van der Waals surface area contributed by atoms with Crippen LogP contribution in [0.5, 0.6) is 11.5 Å². The van der Waals surface area contributed by atoms with Crippen molar-refractivity contribution in [3.63, 3.8) is 0 Å². The molecule has 3 aromatic carbocycles. The number of carbonyl (C=O) groups excluding carboxylic acids is 2. The molecule has 0 saturated carbocycles. The number of esters is 2. The van der Waals surface area contributed by atoms with E-state index in [1.165, 1.54) is 36.3 Å². The number of carbonyl (C=O) groups is 3. The molecule has 0 spiro atoms. The molecule has 0 bridgehead atoms. The van der Waals surface area contributed by atoms with Crippen molar-refractivity contribution in [1.82, 2.24) is 0 Å². The number of methoxy groups -OCH3 is 2. The van der Waals surface area contributed by atoms with E-state index < -0.39 is 23.8 Å². The molecule has 1 atom stereocenters. The third-order valence-corrected chi connectivity index (χ3v) is 6.05. The van der Waals surface area contributed by atoms with Crippen LogP contribution in [-0.2, 0) is 19.1 Å². The van der Waals surface area contributed by atoms with Crippen molar-refractivity contribution in [3.8, 4) is 17.6 Å². The zero-order chi connectivity index (χ0) is 28.1. The molecule has 3 N–H and O–H groups in total. The topological polar surface area (TPSA) is 152 Å². The number of nitrogens with zero attached hydrogens (tertiary/aromatic N) is 2. The van der Waals surface area contributed by atoms with Gasteiger partial charge in [0.15, 0.2) is 0 Å². The molecule has 0 aromatic heterocycles.